The predicted molar refractivity (Wildman–Crippen MR) is 62.2 cm³/mol. The maximum absolute atomic E-state index is 5.84. The molecule has 2 heterocycles. The molecule has 0 amide bonds. The second kappa shape index (κ2) is 5.14. The first kappa shape index (κ1) is 11.2. The quantitative estimate of drug-likeness (QED) is 0.789. The minimum atomic E-state index is 0.249. The summed E-state index contributed by atoms with van der Waals surface area (Å²) in [5.74, 6) is 0.719. The van der Waals surface area contributed by atoms with E-state index in [-0.39, 0.29) is 5.15 Å². The average Bonchev–Trinajstić information content (AvgIpc) is 2.79. The van der Waals surface area contributed by atoms with Crippen LogP contribution in [0.1, 0.15) is 4.88 Å². The van der Waals surface area contributed by atoms with Crippen LogP contribution in [0, 0.1) is 0 Å². The lowest BCUT2D eigenvalue weighted by atomic mass is 10.5. The molecule has 16 heavy (non-hydrogen) atoms. The molecule has 2 aromatic heterocycles. The van der Waals surface area contributed by atoms with Crippen LogP contribution in [0.5, 0.6) is 11.6 Å². The van der Waals surface area contributed by atoms with E-state index < -0.39 is 0 Å². The van der Waals surface area contributed by atoms with Crippen LogP contribution in [0.25, 0.3) is 0 Å². The van der Waals surface area contributed by atoms with E-state index in [2.05, 4.69) is 9.97 Å². The van der Waals surface area contributed by atoms with Crippen molar-refractivity contribution in [2.45, 2.75) is 6.61 Å². The van der Waals surface area contributed by atoms with Gasteiger partial charge in [0.15, 0.2) is 5.15 Å². The lowest BCUT2D eigenvalue weighted by Gasteiger charge is -2.08. The number of hydrogen-bond acceptors (Lipinski definition) is 5. The third kappa shape index (κ3) is 2.43. The number of methoxy groups -OCH3 is 1. The van der Waals surface area contributed by atoms with Crippen LogP contribution in [0.15, 0.2) is 23.8 Å². The van der Waals surface area contributed by atoms with Gasteiger partial charge in [-0.2, -0.15) is 4.98 Å². The largest absolute Gasteiger partial charge is 0.489 e. The van der Waals surface area contributed by atoms with E-state index in [1.165, 1.54) is 13.4 Å². The van der Waals surface area contributed by atoms with Crippen molar-refractivity contribution < 1.29 is 9.47 Å². The highest BCUT2D eigenvalue weighted by Gasteiger charge is 2.11. The lowest BCUT2D eigenvalue weighted by Crippen LogP contribution is -1.99. The molecule has 6 heteroatoms. The highest BCUT2D eigenvalue weighted by Crippen LogP contribution is 2.30. The first-order chi connectivity index (χ1) is 7.81. The zero-order valence-electron chi connectivity index (χ0n) is 8.51. The number of halogens is 1. The second-order valence-electron chi connectivity index (χ2n) is 2.87. The molecular formula is C10H9ClN2O2S. The van der Waals surface area contributed by atoms with Gasteiger partial charge in [-0.15, -0.1) is 11.3 Å². The van der Waals surface area contributed by atoms with Crippen molar-refractivity contribution in [2.75, 3.05) is 7.11 Å². The molecule has 0 fully saturated rings. The first-order valence-corrected chi connectivity index (χ1v) is 5.76. The Morgan fingerprint density at radius 1 is 1.44 bits per heavy atom. The van der Waals surface area contributed by atoms with Crippen LogP contribution in [0.4, 0.5) is 0 Å². The average molecular weight is 257 g/mol. The molecule has 0 aliphatic heterocycles. The van der Waals surface area contributed by atoms with Gasteiger partial charge in [0.05, 0.1) is 7.11 Å². The third-order valence-electron chi connectivity index (χ3n) is 1.86. The van der Waals surface area contributed by atoms with E-state index in [0.717, 1.165) is 4.88 Å². The summed E-state index contributed by atoms with van der Waals surface area (Å²) >= 11 is 7.45. The van der Waals surface area contributed by atoms with Gasteiger partial charge in [0, 0.05) is 4.88 Å². The summed E-state index contributed by atoms with van der Waals surface area (Å²) in [5.41, 5.74) is 0. The van der Waals surface area contributed by atoms with Crippen molar-refractivity contribution in [3.05, 3.63) is 33.9 Å². The Kier molecular flexibility index (Phi) is 3.58. The molecule has 0 aromatic carbocycles. The van der Waals surface area contributed by atoms with Gasteiger partial charge in [-0.05, 0) is 11.4 Å². The van der Waals surface area contributed by atoms with Crippen LogP contribution in [0.3, 0.4) is 0 Å². The number of thiophene rings is 1. The summed E-state index contributed by atoms with van der Waals surface area (Å²) in [6, 6.07) is 3.95. The van der Waals surface area contributed by atoms with Crippen LogP contribution in [-0.4, -0.2) is 17.1 Å². The van der Waals surface area contributed by atoms with Gasteiger partial charge < -0.3 is 9.47 Å². The van der Waals surface area contributed by atoms with E-state index in [9.17, 15) is 0 Å². The normalized spacial score (nSPS) is 10.1. The zero-order chi connectivity index (χ0) is 11.4. The first-order valence-electron chi connectivity index (χ1n) is 4.51. The van der Waals surface area contributed by atoms with Gasteiger partial charge in [-0.25, -0.2) is 4.98 Å². The van der Waals surface area contributed by atoms with Crippen molar-refractivity contribution in [3.8, 4) is 11.6 Å². The molecule has 84 valence electrons. The molecule has 0 radical (unpaired) electrons. The molecule has 4 nitrogen and oxygen atoms in total. The Morgan fingerprint density at radius 3 is 3.00 bits per heavy atom. The SMILES string of the molecule is COc1c(Cl)ncnc1OCc1cccs1. The minimum Gasteiger partial charge on any atom is -0.489 e. The van der Waals surface area contributed by atoms with E-state index in [0.29, 0.717) is 18.2 Å². The van der Waals surface area contributed by atoms with Crippen LogP contribution in [-0.2, 0) is 6.61 Å². The highest BCUT2D eigenvalue weighted by atomic mass is 35.5. The fourth-order valence-electron chi connectivity index (χ4n) is 1.15. The molecule has 0 unspecified atom stereocenters. The summed E-state index contributed by atoms with van der Waals surface area (Å²) in [7, 11) is 1.50. The molecule has 0 aliphatic rings. The maximum Gasteiger partial charge on any atom is 0.262 e. The summed E-state index contributed by atoms with van der Waals surface area (Å²) in [4.78, 5) is 8.89. The Labute approximate surface area is 102 Å². The number of ether oxygens (including phenoxy) is 2. The Hall–Kier alpha value is -1.33. The van der Waals surface area contributed by atoms with Gasteiger partial charge in [-0.1, -0.05) is 17.7 Å². The van der Waals surface area contributed by atoms with Crippen molar-refractivity contribution in [1.82, 2.24) is 9.97 Å². The van der Waals surface area contributed by atoms with Gasteiger partial charge in [0.25, 0.3) is 5.88 Å². The molecule has 0 saturated heterocycles. The smallest absolute Gasteiger partial charge is 0.262 e. The Morgan fingerprint density at radius 2 is 2.31 bits per heavy atom. The summed E-state index contributed by atoms with van der Waals surface area (Å²) in [6.07, 6.45) is 1.34. The standard InChI is InChI=1S/C10H9ClN2O2S/c1-14-8-9(11)12-6-13-10(8)15-5-7-3-2-4-16-7/h2-4,6H,5H2,1H3. The fourth-order valence-corrected chi connectivity index (χ4v) is 1.96. The molecule has 0 spiro atoms. The predicted octanol–water partition coefficient (Wildman–Crippen LogP) is 2.78. The Bertz CT molecular complexity index is 462. The van der Waals surface area contributed by atoms with Crippen LogP contribution < -0.4 is 9.47 Å². The zero-order valence-corrected chi connectivity index (χ0v) is 10.1. The van der Waals surface area contributed by atoms with Crippen molar-refractivity contribution >= 4 is 22.9 Å². The van der Waals surface area contributed by atoms with Gasteiger partial charge in [0.1, 0.15) is 12.9 Å². The van der Waals surface area contributed by atoms with Crippen LogP contribution >= 0.6 is 22.9 Å². The van der Waals surface area contributed by atoms with Crippen molar-refractivity contribution in [3.63, 3.8) is 0 Å². The number of nitrogens with zero attached hydrogens (tertiary/aromatic N) is 2. The van der Waals surface area contributed by atoms with E-state index >= 15 is 0 Å². The third-order valence-corrected chi connectivity index (χ3v) is 2.98. The molecule has 0 atom stereocenters. The van der Waals surface area contributed by atoms with E-state index in [1.807, 2.05) is 17.5 Å². The molecule has 0 aliphatic carbocycles. The van der Waals surface area contributed by atoms with Gasteiger partial charge in [0.2, 0.25) is 5.75 Å². The van der Waals surface area contributed by atoms with Gasteiger partial charge >= 0.3 is 0 Å². The fraction of sp³-hybridized carbons (Fsp3) is 0.200. The molecule has 2 aromatic rings. The van der Waals surface area contributed by atoms with Crippen molar-refractivity contribution in [1.29, 1.82) is 0 Å². The topological polar surface area (TPSA) is 44.2 Å². The molecule has 0 saturated carbocycles. The summed E-state index contributed by atoms with van der Waals surface area (Å²) in [5, 5.41) is 2.24. The molecule has 2 rings (SSSR count). The summed E-state index contributed by atoms with van der Waals surface area (Å²) in [6.45, 7) is 0.446. The number of rotatable bonds is 4. The number of hydrogen-bond donors (Lipinski definition) is 0. The van der Waals surface area contributed by atoms with E-state index in [4.69, 9.17) is 21.1 Å². The Balaban J connectivity index is 2.12. The maximum atomic E-state index is 5.84. The van der Waals surface area contributed by atoms with Crippen molar-refractivity contribution in [2.24, 2.45) is 0 Å². The lowest BCUT2D eigenvalue weighted by molar-refractivity contribution is 0.274. The van der Waals surface area contributed by atoms with E-state index in [1.54, 1.807) is 11.3 Å². The molecular weight excluding hydrogens is 248 g/mol. The monoisotopic (exact) mass is 256 g/mol. The minimum absolute atomic E-state index is 0.249. The highest BCUT2D eigenvalue weighted by molar-refractivity contribution is 7.09. The molecule has 0 bridgehead atoms. The second-order valence-corrected chi connectivity index (χ2v) is 4.26. The van der Waals surface area contributed by atoms with Crippen LogP contribution in [0.2, 0.25) is 5.15 Å². The van der Waals surface area contributed by atoms with Gasteiger partial charge in [-0.3, -0.25) is 0 Å². The summed E-state index contributed by atoms with van der Waals surface area (Å²) < 4.78 is 10.6. The number of aromatic nitrogens is 2. The molecule has 0 N–H and O–H groups in total.